The Balaban J connectivity index is 1.47. The number of carbonyl (C=O) groups excluding carboxylic acids is 1. The van der Waals surface area contributed by atoms with Gasteiger partial charge in [-0.3, -0.25) is 4.79 Å². The van der Waals surface area contributed by atoms with Gasteiger partial charge in [0.2, 0.25) is 0 Å². The Labute approximate surface area is 205 Å². The van der Waals surface area contributed by atoms with Crippen LogP contribution in [-0.2, 0) is 6.54 Å². The van der Waals surface area contributed by atoms with Crippen molar-refractivity contribution in [2.75, 3.05) is 39.9 Å². The van der Waals surface area contributed by atoms with Gasteiger partial charge in [0.05, 0.1) is 25.0 Å². The number of hydrogen-bond donors (Lipinski definition) is 0. The number of nitrogens with zero attached hydrogens (tertiary/aromatic N) is 2. The van der Waals surface area contributed by atoms with Crippen molar-refractivity contribution < 1.29 is 18.7 Å². The molecule has 5 rings (SSSR count). The summed E-state index contributed by atoms with van der Waals surface area (Å²) in [7, 11) is 2.16. The van der Waals surface area contributed by atoms with E-state index in [4.69, 9.17) is 25.5 Å². The Morgan fingerprint density at radius 1 is 1.18 bits per heavy atom. The summed E-state index contributed by atoms with van der Waals surface area (Å²) in [6, 6.07) is 13.6. The highest BCUT2D eigenvalue weighted by atomic mass is 35.5. The normalized spacial score (nSPS) is 18.6. The highest BCUT2D eigenvalue weighted by Gasteiger charge is 2.26. The fourth-order valence-corrected chi connectivity index (χ4v) is 4.97. The molecule has 3 aromatic rings. The van der Waals surface area contributed by atoms with E-state index in [0.29, 0.717) is 42.8 Å². The number of rotatable bonds is 5. The van der Waals surface area contributed by atoms with Crippen LogP contribution in [0.5, 0.6) is 11.5 Å². The molecule has 0 N–H and O–H groups in total. The van der Waals surface area contributed by atoms with E-state index in [1.165, 1.54) is 18.9 Å². The molecule has 1 saturated heterocycles. The molecule has 0 unspecified atom stereocenters. The van der Waals surface area contributed by atoms with Crippen LogP contribution in [0.15, 0.2) is 59.4 Å². The molecule has 0 aliphatic carbocycles. The van der Waals surface area contributed by atoms with E-state index in [9.17, 15) is 4.79 Å². The first-order chi connectivity index (χ1) is 16.6. The monoisotopic (exact) mass is 480 g/mol. The smallest absolute Gasteiger partial charge is 0.257 e. The Morgan fingerprint density at radius 3 is 2.88 bits per heavy atom. The van der Waals surface area contributed by atoms with Crippen LogP contribution in [-0.4, -0.2) is 55.6 Å². The summed E-state index contributed by atoms with van der Waals surface area (Å²) in [4.78, 5) is 17.2. The van der Waals surface area contributed by atoms with Crippen molar-refractivity contribution in [2.24, 2.45) is 5.92 Å². The van der Waals surface area contributed by atoms with Crippen LogP contribution in [0.25, 0.3) is 11.1 Å². The van der Waals surface area contributed by atoms with Gasteiger partial charge in [0, 0.05) is 29.6 Å². The Hall–Kier alpha value is -2.96. The molecule has 34 heavy (non-hydrogen) atoms. The molecule has 3 heterocycles. The molecule has 2 aliphatic rings. The van der Waals surface area contributed by atoms with Gasteiger partial charge in [0.1, 0.15) is 12.9 Å². The largest absolute Gasteiger partial charge is 0.489 e. The fourth-order valence-electron chi connectivity index (χ4n) is 4.78. The molecular formula is C27H29ClN2O4. The van der Waals surface area contributed by atoms with Gasteiger partial charge in [-0.15, -0.1) is 0 Å². The van der Waals surface area contributed by atoms with Gasteiger partial charge < -0.3 is 23.7 Å². The SMILES string of the molecule is CN1CCC[C@@H](COc2cc(-c3cccc(Cl)c3)cc3c2OCCN(C(=O)c2ccoc2)C3)C1. The topological polar surface area (TPSA) is 55.2 Å². The number of fused-ring (bicyclic) bond motifs is 1. The Morgan fingerprint density at radius 2 is 2.09 bits per heavy atom. The number of piperidine rings is 1. The number of likely N-dealkylation sites (tertiary alicyclic amines) is 1. The second kappa shape index (κ2) is 10.1. The molecule has 0 spiro atoms. The van der Waals surface area contributed by atoms with Crippen molar-refractivity contribution in [1.29, 1.82) is 0 Å². The van der Waals surface area contributed by atoms with E-state index < -0.39 is 0 Å². The van der Waals surface area contributed by atoms with Crippen molar-refractivity contribution in [1.82, 2.24) is 9.80 Å². The van der Waals surface area contributed by atoms with Crippen LogP contribution in [0, 0.1) is 5.92 Å². The first-order valence-corrected chi connectivity index (χ1v) is 12.1. The molecule has 178 valence electrons. The first kappa shape index (κ1) is 22.8. The van der Waals surface area contributed by atoms with Crippen molar-refractivity contribution in [3.8, 4) is 22.6 Å². The highest BCUT2D eigenvalue weighted by Crippen LogP contribution is 2.39. The lowest BCUT2D eigenvalue weighted by Crippen LogP contribution is -2.34. The number of hydrogen-bond acceptors (Lipinski definition) is 5. The third-order valence-corrected chi connectivity index (χ3v) is 6.75. The maximum absolute atomic E-state index is 13.0. The van der Waals surface area contributed by atoms with Gasteiger partial charge in [-0.25, -0.2) is 0 Å². The Bertz CT molecular complexity index is 1150. The molecule has 1 amide bonds. The summed E-state index contributed by atoms with van der Waals surface area (Å²) >= 11 is 6.28. The fraction of sp³-hybridized carbons (Fsp3) is 0.370. The molecule has 2 aliphatic heterocycles. The number of carbonyl (C=O) groups is 1. The average molecular weight is 481 g/mol. The van der Waals surface area contributed by atoms with Crippen molar-refractivity contribution in [3.05, 3.63) is 71.1 Å². The van der Waals surface area contributed by atoms with Gasteiger partial charge in [-0.2, -0.15) is 0 Å². The molecule has 1 atom stereocenters. The summed E-state index contributed by atoms with van der Waals surface area (Å²) in [5, 5.41) is 0.674. The van der Waals surface area contributed by atoms with E-state index in [2.05, 4.69) is 18.0 Å². The van der Waals surface area contributed by atoms with Crippen LogP contribution < -0.4 is 9.47 Å². The molecule has 0 bridgehead atoms. The van der Waals surface area contributed by atoms with Gasteiger partial charge >= 0.3 is 0 Å². The number of amides is 1. The lowest BCUT2D eigenvalue weighted by molar-refractivity contribution is 0.0732. The first-order valence-electron chi connectivity index (χ1n) is 11.8. The summed E-state index contributed by atoms with van der Waals surface area (Å²) in [5.41, 5.74) is 3.43. The predicted octanol–water partition coefficient (Wildman–Crippen LogP) is 5.36. The number of benzene rings is 2. The summed E-state index contributed by atoms with van der Waals surface area (Å²) in [5.74, 6) is 1.84. The van der Waals surface area contributed by atoms with E-state index in [0.717, 1.165) is 47.7 Å². The number of ether oxygens (including phenoxy) is 2. The van der Waals surface area contributed by atoms with Crippen molar-refractivity contribution in [3.63, 3.8) is 0 Å². The lowest BCUT2D eigenvalue weighted by Gasteiger charge is -2.29. The van der Waals surface area contributed by atoms with Gasteiger partial charge in [0.15, 0.2) is 11.5 Å². The van der Waals surface area contributed by atoms with Crippen molar-refractivity contribution >= 4 is 17.5 Å². The molecule has 1 fully saturated rings. The number of furan rings is 1. The van der Waals surface area contributed by atoms with Crippen LogP contribution in [0.2, 0.25) is 5.02 Å². The molecular weight excluding hydrogens is 452 g/mol. The summed E-state index contributed by atoms with van der Waals surface area (Å²) in [6.07, 6.45) is 5.34. The van der Waals surface area contributed by atoms with Crippen LogP contribution >= 0.6 is 11.6 Å². The highest BCUT2D eigenvalue weighted by molar-refractivity contribution is 6.30. The van der Waals surface area contributed by atoms with E-state index in [1.54, 1.807) is 11.0 Å². The zero-order valence-electron chi connectivity index (χ0n) is 19.3. The third-order valence-electron chi connectivity index (χ3n) is 6.51. The van der Waals surface area contributed by atoms with E-state index >= 15 is 0 Å². The maximum Gasteiger partial charge on any atom is 0.257 e. The standard InChI is InChI=1S/C27H29ClN2O4/c1-29-8-3-4-19(15-29)17-34-25-14-22(20-5-2-6-24(28)13-20)12-23-16-30(9-11-33-26(23)25)27(31)21-7-10-32-18-21/h2,5-7,10,12-14,18-19H,3-4,8-9,11,15-17H2,1H3/t19-/m1/s1. The minimum Gasteiger partial charge on any atom is -0.489 e. The quantitative estimate of drug-likeness (QED) is 0.492. The maximum atomic E-state index is 13.0. The van der Waals surface area contributed by atoms with Gasteiger partial charge in [0.25, 0.3) is 5.91 Å². The lowest BCUT2D eigenvalue weighted by atomic mass is 9.99. The van der Waals surface area contributed by atoms with E-state index in [-0.39, 0.29) is 5.91 Å². The van der Waals surface area contributed by atoms with Gasteiger partial charge in [-0.1, -0.05) is 23.7 Å². The Kier molecular flexibility index (Phi) is 6.79. The predicted molar refractivity (Wildman–Crippen MR) is 132 cm³/mol. The molecule has 1 aromatic heterocycles. The van der Waals surface area contributed by atoms with Gasteiger partial charge in [-0.05, 0) is 67.9 Å². The molecule has 0 saturated carbocycles. The molecule has 2 aromatic carbocycles. The molecule has 0 radical (unpaired) electrons. The van der Waals surface area contributed by atoms with Crippen LogP contribution in [0.3, 0.4) is 0 Å². The zero-order chi connectivity index (χ0) is 23.5. The minimum atomic E-state index is -0.0777. The van der Waals surface area contributed by atoms with Crippen LogP contribution in [0.1, 0.15) is 28.8 Å². The second-order valence-electron chi connectivity index (χ2n) is 9.14. The second-order valence-corrected chi connectivity index (χ2v) is 9.58. The molecule has 6 nitrogen and oxygen atoms in total. The summed E-state index contributed by atoms with van der Waals surface area (Å²) in [6.45, 7) is 4.12. The minimum absolute atomic E-state index is 0.0777. The zero-order valence-corrected chi connectivity index (χ0v) is 20.1. The van der Waals surface area contributed by atoms with Crippen LogP contribution in [0.4, 0.5) is 0 Å². The third kappa shape index (κ3) is 5.08. The van der Waals surface area contributed by atoms with E-state index in [1.807, 2.05) is 30.3 Å². The number of halogens is 1. The van der Waals surface area contributed by atoms with Crippen molar-refractivity contribution in [2.45, 2.75) is 19.4 Å². The summed E-state index contributed by atoms with van der Waals surface area (Å²) < 4.78 is 17.7. The molecule has 7 heteroatoms. The average Bonchev–Trinajstić information content (AvgIpc) is 3.29.